The normalized spacial score (nSPS) is 11.2. The molecule has 32 heavy (non-hydrogen) atoms. The Balaban J connectivity index is 1.62. The van der Waals surface area contributed by atoms with E-state index in [1.165, 1.54) is 24.3 Å². The topological polar surface area (TPSA) is 153 Å². The largest absolute Gasteiger partial charge is 0.504 e. The van der Waals surface area contributed by atoms with E-state index < -0.39 is 9.85 Å². The Kier molecular flexibility index (Phi) is 4.46. The van der Waals surface area contributed by atoms with E-state index in [0.29, 0.717) is 30.5 Å². The van der Waals surface area contributed by atoms with Crippen LogP contribution in [0.1, 0.15) is 0 Å². The van der Waals surface area contributed by atoms with Gasteiger partial charge in [-0.2, -0.15) is 0 Å². The van der Waals surface area contributed by atoms with Crippen molar-refractivity contribution in [2.45, 2.75) is 0 Å². The standard InChI is InChI=1S/C20H10N4O6S2/c25-15-13-17(31-19(21-13)9-1-5-11(6-2-9)23(27)28)16(26)14-18(15)32-20(22-14)10-3-7-12(8-4-10)24(29)30/h1-8,25-26H. The van der Waals surface area contributed by atoms with E-state index in [-0.39, 0.29) is 33.9 Å². The van der Waals surface area contributed by atoms with E-state index in [1.54, 1.807) is 24.3 Å². The van der Waals surface area contributed by atoms with Crippen molar-refractivity contribution in [1.29, 1.82) is 0 Å². The second-order valence-electron chi connectivity index (χ2n) is 6.70. The van der Waals surface area contributed by atoms with E-state index in [9.17, 15) is 30.4 Å². The predicted octanol–water partition coefficient (Wildman–Crippen LogP) is 5.47. The summed E-state index contributed by atoms with van der Waals surface area (Å²) in [5.74, 6) is -0.272. The van der Waals surface area contributed by atoms with Crippen molar-refractivity contribution in [1.82, 2.24) is 9.97 Å². The molecule has 2 aromatic heterocycles. The molecule has 2 N–H and O–H groups in total. The highest BCUT2D eigenvalue weighted by molar-refractivity contribution is 7.24. The third kappa shape index (κ3) is 3.09. The highest BCUT2D eigenvalue weighted by Crippen LogP contribution is 2.48. The van der Waals surface area contributed by atoms with Gasteiger partial charge in [-0.1, -0.05) is 0 Å². The van der Waals surface area contributed by atoms with Gasteiger partial charge in [-0.15, -0.1) is 22.7 Å². The molecule has 10 nitrogen and oxygen atoms in total. The van der Waals surface area contributed by atoms with Crippen LogP contribution < -0.4 is 0 Å². The quantitative estimate of drug-likeness (QED) is 0.201. The molecule has 12 heteroatoms. The number of fused-ring (bicyclic) bond motifs is 2. The maximum atomic E-state index is 10.9. The molecule has 2 heterocycles. The summed E-state index contributed by atoms with van der Waals surface area (Å²) in [6.45, 7) is 0. The number of thiazole rings is 2. The average Bonchev–Trinajstić information content (AvgIpc) is 3.44. The van der Waals surface area contributed by atoms with Crippen LogP contribution in [0.15, 0.2) is 48.5 Å². The number of aromatic nitrogens is 2. The summed E-state index contributed by atoms with van der Waals surface area (Å²) >= 11 is 2.26. The molecule has 0 spiro atoms. The SMILES string of the molecule is O=[N+]([O-])c1ccc(-c2nc3c(O)c4sc(-c5ccc([N+](=O)[O-])cc5)nc4c(O)c3s2)cc1. The smallest absolute Gasteiger partial charge is 0.269 e. The summed E-state index contributed by atoms with van der Waals surface area (Å²) in [6, 6.07) is 11.6. The number of hydrogen-bond acceptors (Lipinski definition) is 10. The average molecular weight is 466 g/mol. The van der Waals surface area contributed by atoms with Gasteiger partial charge in [0.05, 0.1) is 9.85 Å². The number of benzene rings is 3. The van der Waals surface area contributed by atoms with Crippen LogP contribution in [0.25, 0.3) is 41.6 Å². The first-order valence-corrected chi connectivity index (χ1v) is 10.6. The molecule has 3 aromatic carbocycles. The van der Waals surface area contributed by atoms with E-state index >= 15 is 0 Å². The van der Waals surface area contributed by atoms with E-state index in [4.69, 9.17) is 0 Å². The molecule has 0 amide bonds. The Hall–Kier alpha value is -4.16. The van der Waals surface area contributed by atoms with Crippen molar-refractivity contribution in [2.75, 3.05) is 0 Å². The lowest BCUT2D eigenvalue weighted by Gasteiger charge is -1.98. The van der Waals surface area contributed by atoms with Crippen molar-refractivity contribution < 1.29 is 20.1 Å². The Bertz CT molecular complexity index is 1370. The molecule has 0 saturated heterocycles. The number of aromatic hydroxyl groups is 2. The highest BCUT2D eigenvalue weighted by Gasteiger charge is 2.22. The minimum Gasteiger partial charge on any atom is -0.504 e. The zero-order chi connectivity index (χ0) is 22.6. The van der Waals surface area contributed by atoms with Crippen molar-refractivity contribution >= 4 is 54.5 Å². The molecule has 5 rings (SSSR count). The molecule has 158 valence electrons. The molecule has 5 aromatic rings. The summed E-state index contributed by atoms with van der Waals surface area (Å²) in [5, 5.41) is 44.3. The Morgan fingerprint density at radius 3 is 1.31 bits per heavy atom. The van der Waals surface area contributed by atoms with Gasteiger partial charge in [0.25, 0.3) is 11.4 Å². The first kappa shape index (κ1) is 19.8. The highest BCUT2D eigenvalue weighted by atomic mass is 32.1. The molecule has 0 radical (unpaired) electrons. The van der Waals surface area contributed by atoms with Gasteiger partial charge in [0.2, 0.25) is 0 Å². The number of non-ortho nitro benzene ring substituents is 2. The van der Waals surface area contributed by atoms with Crippen LogP contribution in [0.4, 0.5) is 11.4 Å². The van der Waals surface area contributed by atoms with Crippen molar-refractivity contribution in [2.24, 2.45) is 0 Å². The molecular weight excluding hydrogens is 456 g/mol. The van der Waals surface area contributed by atoms with Crippen LogP contribution >= 0.6 is 22.7 Å². The minimum atomic E-state index is -0.498. The van der Waals surface area contributed by atoms with Crippen LogP contribution in [0, 0.1) is 20.2 Å². The van der Waals surface area contributed by atoms with Gasteiger partial charge < -0.3 is 10.2 Å². The molecule has 0 atom stereocenters. The Morgan fingerprint density at radius 2 is 1.00 bits per heavy atom. The third-order valence-corrected chi connectivity index (χ3v) is 7.01. The summed E-state index contributed by atoms with van der Waals surface area (Å²) in [7, 11) is 0. The van der Waals surface area contributed by atoms with Crippen molar-refractivity contribution in [3.8, 4) is 32.6 Å². The van der Waals surface area contributed by atoms with Crippen molar-refractivity contribution in [3.05, 3.63) is 68.8 Å². The van der Waals surface area contributed by atoms with E-state index in [0.717, 1.165) is 22.7 Å². The van der Waals surface area contributed by atoms with Crippen LogP contribution in [-0.2, 0) is 0 Å². The lowest BCUT2D eigenvalue weighted by molar-refractivity contribution is -0.385. The number of phenols is 2. The predicted molar refractivity (Wildman–Crippen MR) is 120 cm³/mol. The van der Waals surface area contributed by atoms with Gasteiger partial charge in [0.1, 0.15) is 30.4 Å². The molecule has 0 saturated carbocycles. The summed E-state index contributed by atoms with van der Waals surface area (Å²) in [6.07, 6.45) is 0. The number of nitrogens with zero attached hydrogens (tertiary/aromatic N) is 4. The Labute approximate surface area is 186 Å². The van der Waals surface area contributed by atoms with Gasteiger partial charge in [0, 0.05) is 35.4 Å². The maximum Gasteiger partial charge on any atom is 0.269 e. The molecule has 0 aliphatic rings. The molecule has 0 aliphatic heterocycles. The minimum absolute atomic E-state index is 0.0518. The molecule has 0 aliphatic carbocycles. The van der Waals surface area contributed by atoms with Crippen LogP contribution in [0.5, 0.6) is 11.5 Å². The van der Waals surface area contributed by atoms with Gasteiger partial charge in [-0.25, -0.2) is 9.97 Å². The summed E-state index contributed by atoms with van der Waals surface area (Å²) < 4.78 is 0.674. The fourth-order valence-electron chi connectivity index (χ4n) is 3.20. The molecule has 0 unspecified atom stereocenters. The van der Waals surface area contributed by atoms with Gasteiger partial charge >= 0.3 is 0 Å². The summed E-state index contributed by atoms with van der Waals surface area (Å²) in [5.41, 5.74) is 1.52. The van der Waals surface area contributed by atoms with Crippen molar-refractivity contribution in [3.63, 3.8) is 0 Å². The number of nitro benzene ring substituents is 2. The zero-order valence-corrected chi connectivity index (χ0v) is 17.4. The lowest BCUT2D eigenvalue weighted by atomic mass is 10.2. The van der Waals surface area contributed by atoms with E-state index in [1.807, 2.05) is 0 Å². The van der Waals surface area contributed by atoms with Gasteiger partial charge in [-0.3, -0.25) is 20.2 Å². The fraction of sp³-hybridized carbons (Fsp3) is 0. The van der Waals surface area contributed by atoms with E-state index in [2.05, 4.69) is 9.97 Å². The second kappa shape index (κ2) is 7.21. The Morgan fingerprint density at radius 1 is 0.656 bits per heavy atom. The van der Waals surface area contributed by atoms with Gasteiger partial charge in [0.15, 0.2) is 11.5 Å². The second-order valence-corrected chi connectivity index (χ2v) is 8.70. The summed E-state index contributed by atoms with van der Waals surface area (Å²) in [4.78, 5) is 29.6. The number of phenolic OH excluding ortho intramolecular Hbond substituents is 2. The number of rotatable bonds is 4. The number of hydrogen-bond donors (Lipinski definition) is 2. The third-order valence-electron chi connectivity index (χ3n) is 4.78. The zero-order valence-electron chi connectivity index (χ0n) is 15.8. The van der Waals surface area contributed by atoms with Crippen LogP contribution in [0.3, 0.4) is 0 Å². The lowest BCUT2D eigenvalue weighted by Crippen LogP contribution is -1.86. The molecule has 0 fully saturated rings. The molecule has 0 bridgehead atoms. The first-order chi connectivity index (χ1) is 15.3. The van der Waals surface area contributed by atoms with Crippen LogP contribution in [-0.4, -0.2) is 30.0 Å². The maximum absolute atomic E-state index is 10.9. The van der Waals surface area contributed by atoms with Gasteiger partial charge in [-0.05, 0) is 24.3 Å². The fourth-order valence-corrected chi connectivity index (χ4v) is 5.23. The first-order valence-electron chi connectivity index (χ1n) is 8.98. The van der Waals surface area contributed by atoms with Crippen LogP contribution in [0.2, 0.25) is 0 Å². The monoisotopic (exact) mass is 466 g/mol. The molecular formula is C20H10N4O6S2. The number of nitro groups is 2.